The van der Waals surface area contributed by atoms with Gasteiger partial charge in [-0.1, -0.05) is 12.2 Å². The molecule has 3 unspecified atom stereocenters. The Kier molecular flexibility index (Phi) is 7.25. The number of anilines is 1. The van der Waals surface area contributed by atoms with Crippen LogP contribution in [0.15, 0.2) is 37.7 Å². The van der Waals surface area contributed by atoms with Crippen LogP contribution < -0.4 is 5.73 Å². The van der Waals surface area contributed by atoms with Crippen LogP contribution in [0.2, 0.25) is 0 Å². The van der Waals surface area contributed by atoms with Crippen LogP contribution in [0.25, 0.3) is 28.0 Å². The maximum atomic E-state index is 16.1. The number of nitrogen functional groups attached to an aromatic ring is 1. The Morgan fingerprint density at radius 3 is 2.62 bits per heavy atom. The van der Waals surface area contributed by atoms with Crippen LogP contribution in [0.5, 0.6) is 0 Å². The van der Waals surface area contributed by atoms with Crippen molar-refractivity contribution in [2.75, 3.05) is 25.6 Å². The van der Waals surface area contributed by atoms with Crippen LogP contribution in [-0.2, 0) is 39.2 Å². The molecule has 0 radical (unpaired) electrons. The van der Waals surface area contributed by atoms with E-state index >= 15 is 4.39 Å². The number of nitrogens with two attached hydrogens (primary N) is 1. The molecule has 3 aliphatic rings. The van der Waals surface area contributed by atoms with Gasteiger partial charge in [-0.25, -0.2) is 38.9 Å². The SMILES string of the molecule is Nc1ncnc2c1ncn2[C@@H]1O[C@@H]2COP(O)(=S)OC[C@@H]3C(COP(=O)(S)O[C@H]2[C@H]1F)C[C@H]3n1cnc2c1ncn1ccnc21. The minimum absolute atomic E-state index is 0.0129. The number of alkyl halides is 1. The number of nitrogens with zero attached hydrogens (tertiary/aromatic N) is 9. The van der Waals surface area contributed by atoms with Gasteiger partial charge in [0.25, 0.3) is 0 Å². The first-order valence-electron chi connectivity index (χ1n) is 13.7. The van der Waals surface area contributed by atoms with E-state index < -0.39 is 44.7 Å². The van der Waals surface area contributed by atoms with Gasteiger partial charge in [0.15, 0.2) is 40.7 Å². The Bertz CT molecular complexity index is 2030. The van der Waals surface area contributed by atoms with Crippen molar-refractivity contribution in [2.24, 2.45) is 11.8 Å². The molecule has 17 nitrogen and oxygen atoms in total. The van der Waals surface area contributed by atoms with Crippen molar-refractivity contribution < 1.29 is 36.7 Å². The lowest BCUT2D eigenvalue weighted by Gasteiger charge is -2.45. The van der Waals surface area contributed by atoms with E-state index in [2.05, 4.69) is 42.2 Å². The number of ether oxygens (including phenoxy) is 1. The molecule has 5 aromatic heterocycles. The number of hydrogen-bond donors (Lipinski definition) is 3. The van der Waals surface area contributed by atoms with Crippen molar-refractivity contribution >= 4 is 71.4 Å². The zero-order valence-electron chi connectivity index (χ0n) is 23.0. The first-order valence-corrected chi connectivity index (χ1v) is 19.0. The second-order valence-corrected chi connectivity index (χ2v) is 16.7. The molecule has 8 rings (SSSR count). The predicted octanol–water partition coefficient (Wildman–Crippen LogP) is 2.62. The first-order chi connectivity index (χ1) is 21.6. The highest BCUT2D eigenvalue weighted by atomic mass is 32.7. The highest BCUT2D eigenvalue weighted by Crippen LogP contribution is 2.59. The summed E-state index contributed by atoms with van der Waals surface area (Å²) in [5.74, 6) is -0.384. The average Bonchev–Trinajstić information content (AvgIpc) is 3.77. The lowest BCUT2D eigenvalue weighted by molar-refractivity contribution is -0.0423. The fraction of sp³-hybridized carbons (Fsp3) is 0.478. The molecule has 7 heterocycles. The molecular weight excluding hydrogens is 673 g/mol. The van der Waals surface area contributed by atoms with Crippen LogP contribution in [0.4, 0.5) is 10.2 Å². The number of aromatic nitrogens is 9. The molecule has 0 bridgehead atoms. The number of thiol groups is 1. The van der Waals surface area contributed by atoms with Gasteiger partial charge >= 0.3 is 13.5 Å². The molecule has 0 amide bonds. The molecule has 3 N–H and O–H groups in total. The van der Waals surface area contributed by atoms with Gasteiger partial charge in [-0.15, -0.1) is 0 Å². The fourth-order valence-electron chi connectivity index (χ4n) is 6.12. The molecule has 45 heavy (non-hydrogen) atoms. The topological polar surface area (TPSA) is 201 Å². The van der Waals surface area contributed by atoms with Crippen LogP contribution in [-0.4, -0.2) is 86.5 Å². The standard InChI is InChI=1S/C23H25FN10O7P2S2/c24-15-18-14(40-23(15)34-10-29-16-19(25)27-7-28-21(16)34)6-39-42(35,44)38-5-12-11(4-37-43(36,45)41-18)3-13(12)33-9-30-17-20-26-1-2-32(20)8-31-22(17)33/h1-2,7-15,18,23H,3-6H2,(H,35,44)(H,36,45)(H2,25,27,28)/t11?,12-,13-,14-,15-,18-,23-,42?,43?/m1/s1. The molecule has 9 atom stereocenters. The lowest BCUT2D eigenvalue weighted by atomic mass is 9.70. The van der Waals surface area contributed by atoms with Gasteiger partial charge in [-0.05, 0) is 24.1 Å². The van der Waals surface area contributed by atoms with E-state index in [0.717, 1.165) is 0 Å². The summed E-state index contributed by atoms with van der Waals surface area (Å²) in [7, 11) is 0. The van der Waals surface area contributed by atoms with Crippen molar-refractivity contribution in [2.45, 2.75) is 37.1 Å². The van der Waals surface area contributed by atoms with Gasteiger partial charge < -0.3 is 33.5 Å². The summed E-state index contributed by atoms with van der Waals surface area (Å²) in [6, 6.07) is -0.171. The van der Waals surface area contributed by atoms with Crippen molar-refractivity contribution in [1.29, 1.82) is 0 Å². The molecule has 1 saturated carbocycles. The van der Waals surface area contributed by atoms with E-state index in [1.807, 2.05) is 4.57 Å². The number of fused-ring (bicyclic) bond motifs is 6. The number of imidazole rings is 3. The normalized spacial score (nSPS) is 36.2. The number of rotatable bonds is 2. The van der Waals surface area contributed by atoms with Gasteiger partial charge in [0, 0.05) is 24.4 Å². The molecule has 2 saturated heterocycles. The number of hydrogen-bond acceptors (Lipinski definition) is 14. The fourth-order valence-corrected chi connectivity index (χ4v) is 8.78. The molecular formula is C23H25FN10O7P2S2. The summed E-state index contributed by atoms with van der Waals surface area (Å²) in [5, 5.41) is 0. The van der Waals surface area contributed by atoms with Gasteiger partial charge in [0.1, 0.15) is 30.4 Å². The molecule has 22 heteroatoms. The minimum Gasteiger partial charge on any atom is -0.382 e. The van der Waals surface area contributed by atoms with E-state index in [1.54, 1.807) is 29.4 Å². The van der Waals surface area contributed by atoms with Crippen LogP contribution >= 0.6 is 25.8 Å². The maximum absolute atomic E-state index is 16.1. The minimum atomic E-state index is -4.14. The van der Waals surface area contributed by atoms with Gasteiger partial charge in [0.05, 0.1) is 32.5 Å². The summed E-state index contributed by atoms with van der Waals surface area (Å²) >= 11 is 9.45. The van der Waals surface area contributed by atoms with Crippen molar-refractivity contribution in [3.63, 3.8) is 0 Å². The third-order valence-corrected chi connectivity index (χ3v) is 11.6. The van der Waals surface area contributed by atoms with Gasteiger partial charge in [0.2, 0.25) is 0 Å². The molecule has 1 aliphatic carbocycles. The zero-order valence-corrected chi connectivity index (χ0v) is 26.5. The monoisotopic (exact) mass is 698 g/mol. The summed E-state index contributed by atoms with van der Waals surface area (Å²) in [6.07, 6.45) is 3.91. The smallest absolute Gasteiger partial charge is 0.382 e. The van der Waals surface area contributed by atoms with Gasteiger partial charge in [-0.3, -0.25) is 13.5 Å². The van der Waals surface area contributed by atoms with E-state index in [4.69, 9.17) is 40.4 Å². The Morgan fingerprint density at radius 1 is 0.978 bits per heavy atom. The average molecular weight is 699 g/mol. The van der Waals surface area contributed by atoms with E-state index in [-0.39, 0.29) is 48.1 Å². The predicted molar refractivity (Wildman–Crippen MR) is 161 cm³/mol. The Labute approximate surface area is 263 Å². The molecule has 2 aliphatic heterocycles. The Balaban J connectivity index is 1.05. The Morgan fingerprint density at radius 2 is 1.76 bits per heavy atom. The van der Waals surface area contributed by atoms with Crippen molar-refractivity contribution in [3.8, 4) is 0 Å². The summed E-state index contributed by atoms with van der Waals surface area (Å²) in [5.41, 5.74) is 8.25. The summed E-state index contributed by atoms with van der Waals surface area (Å²) < 4.78 is 63.2. The Hall–Kier alpha value is -2.64. The molecule has 0 aromatic carbocycles. The van der Waals surface area contributed by atoms with E-state index in [0.29, 0.717) is 23.2 Å². The zero-order chi connectivity index (χ0) is 31.1. The third-order valence-electron chi connectivity index (χ3n) is 8.42. The first kappa shape index (κ1) is 29.7. The third kappa shape index (κ3) is 5.17. The summed E-state index contributed by atoms with van der Waals surface area (Å²) in [4.78, 5) is 36.6. The number of halogens is 1. The highest BCUT2D eigenvalue weighted by Gasteiger charge is 2.52. The van der Waals surface area contributed by atoms with Gasteiger partial charge in [-0.2, -0.15) is 0 Å². The van der Waals surface area contributed by atoms with E-state index in [1.165, 1.54) is 17.2 Å². The van der Waals surface area contributed by atoms with Crippen molar-refractivity contribution in [3.05, 3.63) is 37.7 Å². The van der Waals surface area contributed by atoms with Crippen LogP contribution in [0.3, 0.4) is 0 Å². The quantitative estimate of drug-likeness (QED) is 0.179. The largest absolute Gasteiger partial charge is 0.386 e. The molecule has 3 fully saturated rings. The second kappa shape index (κ2) is 11.0. The highest BCUT2D eigenvalue weighted by molar-refractivity contribution is 8.44. The maximum Gasteiger partial charge on any atom is 0.386 e. The molecule has 5 aromatic rings. The van der Waals surface area contributed by atoms with E-state index in [9.17, 15) is 9.46 Å². The second-order valence-electron chi connectivity index (χ2n) is 10.9. The van der Waals surface area contributed by atoms with Crippen LogP contribution in [0, 0.1) is 11.8 Å². The molecule has 0 spiro atoms. The molecule has 238 valence electrons. The summed E-state index contributed by atoms with van der Waals surface area (Å²) in [6.45, 7) is -8.49. The van der Waals surface area contributed by atoms with Crippen LogP contribution in [0.1, 0.15) is 18.7 Å². The lowest BCUT2D eigenvalue weighted by Crippen LogP contribution is -2.43. The van der Waals surface area contributed by atoms with Crippen molar-refractivity contribution in [1.82, 2.24) is 43.4 Å².